The van der Waals surface area contributed by atoms with Crippen LogP contribution in [0.4, 0.5) is 0 Å². The average molecular weight is 672 g/mol. The van der Waals surface area contributed by atoms with Gasteiger partial charge in [0, 0.05) is 25.7 Å². The maximum atomic E-state index is 12.1. The number of allylic oxidation sites excluding steroid dienone is 5. The second-order valence-electron chi connectivity index (χ2n) is 12.4. The summed E-state index contributed by atoms with van der Waals surface area (Å²) in [4.78, 5) is 24.1. The van der Waals surface area contributed by atoms with E-state index in [1.807, 2.05) is 43.4 Å². The number of nitrogens with two attached hydrogens (primary N) is 1. The van der Waals surface area contributed by atoms with E-state index >= 15 is 0 Å². The van der Waals surface area contributed by atoms with E-state index in [1.165, 1.54) is 12.2 Å². The van der Waals surface area contributed by atoms with Gasteiger partial charge in [0.15, 0.2) is 12.1 Å². The predicted octanol–water partition coefficient (Wildman–Crippen LogP) is 0.573. The monoisotopic (exact) mass is 671 g/mol. The lowest BCUT2D eigenvalue weighted by Gasteiger charge is -2.45. The van der Waals surface area contributed by atoms with E-state index in [4.69, 9.17) is 24.7 Å². The number of carbonyl (C=O) groups is 2. The zero-order chi connectivity index (χ0) is 35.3. The Balaban J connectivity index is 1.89. The van der Waals surface area contributed by atoms with Crippen LogP contribution in [0.1, 0.15) is 66.2 Å². The molecule has 47 heavy (non-hydrogen) atoms. The first kappa shape index (κ1) is 40.7. The summed E-state index contributed by atoms with van der Waals surface area (Å²) < 4.78 is 22.3. The lowest BCUT2D eigenvalue weighted by Crippen LogP contribution is -2.61. The first-order valence-corrected chi connectivity index (χ1v) is 16.0. The zero-order valence-electron chi connectivity index (χ0n) is 27.4. The Labute approximate surface area is 275 Å². The number of hydrogen-bond acceptors (Lipinski definition) is 13. The Morgan fingerprint density at radius 1 is 1.02 bits per heavy atom. The van der Waals surface area contributed by atoms with Crippen molar-refractivity contribution in [3.05, 3.63) is 48.6 Å². The summed E-state index contributed by atoms with van der Waals surface area (Å²) >= 11 is 0. The molecule has 0 aromatic rings. The van der Waals surface area contributed by atoms with Gasteiger partial charge in [-0.05, 0) is 34.1 Å². The smallest absolute Gasteiger partial charge is 0.311 e. The number of aliphatic hydroxyl groups excluding tert-OH is 5. The second kappa shape index (κ2) is 19.5. The maximum absolute atomic E-state index is 12.1. The summed E-state index contributed by atoms with van der Waals surface area (Å²) in [5, 5.41) is 72.9. The highest BCUT2D eigenvalue weighted by molar-refractivity contribution is 5.71. The van der Waals surface area contributed by atoms with E-state index in [0.29, 0.717) is 6.42 Å². The van der Waals surface area contributed by atoms with Gasteiger partial charge in [0.25, 0.3) is 0 Å². The third-order valence-electron chi connectivity index (χ3n) is 8.00. The van der Waals surface area contributed by atoms with Crippen LogP contribution in [-0.4, -0.2) is 121 Å². The topological polar surface area (TPSA) is 239 Å². The van der Waals surface area contributed by atoms with E-state index in [-0.39, 0.29) is 25.4 Å². The minimum atomic E-state index is -2.10. The standard InChI is InChI=1S/C33H53NO13/c1-5-6-7-8-9-10-12-19(2)44-26(38)16-22(35)13-11-14-23(36)17-33(43)18-24(37)27(31(41)42)25(47-33)15-20(3)45-32-30(40)29(39)28(34)21(4)46-32/h5-11,13,19-25,27-30,32,35-37,39-40,43H,12,14-18,34H2,1-4H3,(H,41,42)/b6-5+,8-7+,10-9+,13-11+/t19-,20+,21?,22+,23+,24+,25+,27-,28-,29?,30?,32-,33-/m1/s1. The second-order valence-corrected chi connectivity index (χ2v) is 12.4. The molecule has 0 aromatic carbocycles. The number of ether oxygens (including phenoxy) is 4. The number of rotatable bonds is 17. The molecule has 2 aliphatic rings. The van der Waals surface area contributed by atoms with Crippen LogP contribution in [0.25, 0.3) is 0 Å². The maximum Gasteiger partial charge on any atom is 0.311 e. The highest BCUT2D eigenvalue weighted by Crippen LogP contribution is 2.37. The zero-order valence-corrected chi connectivity index (χ0v) is 27.4. The van der Waals surface area contributed by atoms with Crippen molar-refractivity contribution < 1.29 is 64.3 Å². The van der Waals surface area contributed by atoms with Gasteiger partial charge in [0.1, 0.15) is 24.2 Å². The summed E-state index contributed by atoms with van der Waals surface area (Å²) in [5.74, 6) is -5.48. The fourth-order valence-electron chi connectivity index (χ4n) is 5.52. The van der Waals surface area contributed by atoms with Gasteiger partial charge in [0.05, 0.1) is 49.1 Å². The Bertz CT molecular complexity index is 1100. The van der Waals surface area contributed by atoms with Crippen LogP contribution in [0.3, 0.4) is 0 Å². The summed E-state index contributed by atoms with van der Waals surface area (Å²) in [7, 11) is 0. The molecular weight excluding hydrogens is 618 g/mol. The highest BCUT2D eigenvalue weighted by Gasteiger charge is 2.50. The molecule has 0 bridgehead atoms. The van der Waals surface area contributed by atoms with Gasteiger partial charge in [-0.25, -0.2) is 0 Å². The minimum absolute atomic E-state index is 0.0537. The molecule has 2 fully saturated rings. The van der Waals surface area contributed by atoms with E-state index in [0.717, 1.165) is 0 Å². The van der Waals surface area contributed by atoms with Gasteiger partial charge in [-0.3, -0.25) is 9.59 Å². The first-order valence-electron chi connectivity index (χ1n) is 16.0. The summed E-state index contributed by atoms with van der Waals surface area (Å²) in [6.07, 6.45) is 1.98. The average Bonchev–Trinajstić information content (AvgIpc) is 2.95. The molecule has 9 N–H and O–H groups in total. The molecule has 14 nitrogen and oxygen atoms in total. The Kier molecular flexibility index (Phi) is 16.9. The molecule has 0 aliphatic carbocycles. The van der Waals surface area contributed by atoms with Crippen LogP contribution in [0.15, 0.2) is 48.6 Å². The van der Waals surface area contributed by atoms with E-state index in [9.17, 15) is 45.3 Å². The molecule has 3 unspecified atom stereocenters. The van der Waals surface area contributed by atoms with Gasteiger partial charge in [-0.15, -0.1) is 0 Å². The molecular formula is C33H53NO13. The normalized spacial score (nSPS) is 34.6. The lowest BCUT2D eigenvalue weighted by molar-refractivity contribution is -0.310. The molecule has 0 aromatic heterocycles. The number of carbonyl (C=O) groups excluding carboxylic acids is 1. The Hall–Kier alpha value is -2.50. The van der Waals surface area contributed by atoms with Crippen molar-refractivity contribution >= 4 is 11.9 Å². The molecule has 0 amide bonds. The number of aliphatic carboxylic acids is 1. The molecule has 2 aliphatic heterocycles. The van der Waals surface area contributed by atoms with Gasteiger partial charge in [0.2, 0.25) is 0 Å². The number of carboxylic acid groups (broad SMARTS) is 1. The third-order valence-corrected chi connectivity index (χ3v) is 8.00. The van der Waals surface area contributed by atoms with Gasteiger partial charge < -0.3 is 60.4 Å². The van der Waals surface area contributed by atoms with Gasteiger partial charge in [-0.1, -0.05) is 48.6 Å². The van der Waals surface area contributed by atoms with E-state index in [2.05, 4.69) is 0 Å². The van der Waals surface area contributed by atoms with Crippen molar-refractivity contribution in [1.29, 1.82) is 0 Å². The summed E-state index contributed by atoms with van der Waals surface area (Å²) in [5.41, 5.74) is 5.81. The highest BCUT2D eigenvalue weighted by atomic mass is 16.7. The third kappa shape index (κ3) is 13.5. The van der Waals surface area contributed by atoms with E-state index in [1.54, 1.807) is 20.8 Å². The fraction of sp³-hybridized carbons (Fsp3) is 0.697. The van der Waals surface area contributed by atoms with Crippen molar-refractivity contribution in [2.24, 2.45) is 11.7 Å². The van der Waals surface area contributed by atoms with Gasteiger partial charge in [-0.2, -0.15) is 0 Å². The van der Waals surface area contributed by atoms with E-state index < -0.39 is 97.6 Å². The molecule has 0 spiro atoms. The number of carboxylic acids is 1. The molecule has 268 valence electrons. The summed E-state index contributed by atoms with van der Waals surface area (Å²) in [6.45, 7) is 6.80. The van der Waals surface area contributed by atoms with Crippen molar-refractivity contribution in [3.63, 3.8) is 0 Å². The Morgan fingerprint density at radius 2 is 1.70 bits per heavy atom. The number of hydrogen-bond donors (Lipinski definition) is 8. The van der Waals surface area contributed by atoms with Crippen LogP contribution in [-0.2, 0) is 28.5 Å². The van der Waals surface area contributed by atoms with Crippen LogP contribution in [0.5, 0.6) is 0 Å². The lowest BCUT2D eigenvalue weighted by atomic mass is 9.83. The largest absolute Gasteiger partial charge is 0.481 e. The molecule has 0 radical (unpaired) electrons. The quantitative estimate of drug-likeness (QED) is 0.0600. The Morgan fingerprint density at radius 3 is 2.36 bits per heavy atom. The van der Waals surface area contributed by atoms with Crippen LogP contribution >= 0.6 is 0 Å². The molecule has 2 rings (SSSR count). The minimum Gasteiger partial charge on any atom is -0.481 e. The van der Waals surface area contributed by atoms with Gasteiger partial charge >= 0.3 is 11.9 Å². The summed E-state index contributed by atoms with van der Waals surface area (Å²) in [6, 6.07) is -0.840. The van der Waals surface area contributed by atoms with Crippen LogP contribution in [0, 0.1) is 5.92 Å². The van der Waals surface area contributed by atoms with Crippen LogP contribution in [0.2, 0.25) is 0 Å². The first-order chi connectivity index (χ1) is 22.1. The fourth-order valence-corrected chi connectivity index (χ4v) is 5.52. The molecule has 2 heterocycles. The van der Waals surface area contributed by atoms with Crippen molar-refractivity contribution in [2.75, 3.05) is 0 Å². The van der Waals surface area contributed by atoms with Crippen molar-refractivity contribution in [1.82, 2.24) is 0 Å². The van der Waals surface area contributed by atoms with Crippen molar-refractivity contribution in [3.8, 4) is 0 Å². The molecule has 0 saturated carbocycles. The number of aliphatic hydroxyl groups is 6. The number of esters is 1. The van der Waals surface area contributed by atoms with Crippen LogP contribution < -0.4 is 5.73 Å². The molecule has 2 saturated heterocycles. The molecule has 13 atom stereocenters. The molecule has 14 heteroatoms. The SMILES string of the molecule is C/C=C/C=C/C=C/C[C@@H](C)OC(=O)C[C@@H](O)/C=C/C[C@H](O)C[C@]1(O)C[C@H](O)[C@@H](C(=O)O)[C@H](C[C@H](C)O[C@@H]2OC(C)[C@@H](N)C(O)C2O)O1. The predicted molar refractivity (Wildman–Crippen MR) is 169 cm³/mol. The van der Waals surface area contributed by atoms with Crippen molar-refractivity contribution in [2.45, 2.75) is 139 Å².